The number of hydrogen-bond donors (Lipinski definition) is 0. The number of carbonyl (C=O) groups is 5. The van der Waals surface area contributed by atoms with Gasteiger partial charge in [-0.05, 0) is 0 Å². The number of nitriles is 1. The summed E-state index contributed by atoms with van der Waals surface area (Å²) in [7, 11) is 0. The van der Waals surface area contributed by atoms with Crippen molar-refractivity contribution < 1.29 is 42.9 Å². The van der Waals surface area contributed by atoms with Crippen LogP contribution in [0.5, 0.6) is 0 Å². The van der Waals surface area contributed by atoms with Crippen molar-refractivity contribution in [2.75, 3.05) is 6.61 Å². The molecule has 0 N–H and O–H groups in total. The van der Waals surface area contributed by atoms with Crippen molar-refractivity contribution in [1.82, 2.24) is 0 Å². The minimum atomic E-state index is -1.73. The minimum Gasteiger partial charge on any atom is -0.458 e. The first kappa shape index (κ1) is 23.8. The fourth-order valence-electron chi connectivity index (χ4n) is 2.00. The summed E-state index contributed by atoms with van der Waals surface area (Å²) in [5.74, 6) is -4.22. The average Bonchev–Trinajstić information content (AvgIpc) is 2.54. The Morgan fingerprint density at radius 3 is 1.81 bits per heavy atom. The maximum Gasteiger partial charge on any atom is 0.303 e. The van der Waals surface area contributed by atoms with Crippen molar-refractivity contribution in [3.63, 3.8) is 0 Å². The summed E-state index contributed by atoms with van der Waals surface area (Å²) in [4.78, 5) is 57.6. The Bertz CT molecular complexity index is 662. The van der Waals surface area contributed by atoms with Gasteiger partial charge in [-0.3, -0.25) is 24.0 Å². The van der Waals surface area contributed by atoms with Crippen LogP contribution in [-0.2, 0) is 42.9 Å². The van der Waals surface area contributed by atoms with E-state index in [1.165, 1.54) is 0 Å². The van der Waals surface area contributed by atoms with E-state index in [1.54, 1.807) is 6.07 Å². The third-order valence-corrected chi connectivity index (χ3v) is 2.92. The van der Waals surface area contributed by atoms with Crippen LogP contribution in [0.2, 0.25) is 0 Å². The quantitative estimate of drug-likeness (QED) is 0.295. The van der Waals surface area contributed by atoms with E-state index in [0.717, 1.165) is 27.7 Å². The molecule has 0 heterocycles. The second kappa shape index (κ2) is 11.4. The zero-order chi connectivity index (χ0) is 21.1. The fourth-order valence-corrected chi connectivity index (χ4v) is 2.00. The summed E-state index contributed by atoms with van der Waals surface area (Å²) in [5.41, 5.74) is -0.0348. The van der Waals surface area contributed by atoms with Gasteiger partial charge in [0.1, 0.15) is 6.10 Å². The van der Waals surface area contributed by atoms with Crippen molar-refractivity contribution in [3.8, 4) is 6.07 Å². The summed E-state index contributed by atoms with van der Waals surface area (Å²) in [6.45, 7) is 6.85. The number of ether oxygens (including phenoxy) is 4. The molecule has 0 bridgehead atoms. The molecule has 10 nitrogen and oxygen atoms in total. The summed E-state index contributed by atoms with van der Waals surface area (Å²) in [6, 6.07) is 1.74. The Labute approximate surface area is 156 Å². The highest BCUT2D eigenvalue weighted by molar-refractivity contribution is 5.88. The number of carbonyl (C=O) groups excluding carboxylic acids is 5. The van der Waals surface area contributed by atoms with E-state index in [2.05, 4.69) is 11.3 Å². The molecular weight excluding hydrogens is 362 g/mol. The van der Waals surface area contributed by atoms with E-state index >= 15 is 0 Å². The number of Topliss-reactive ketones (excluding diaryl/α,β-unsaturated/α-hetero) is 1. The lowest BCUT2D eigenvalue weighted by molar-refractivity contribution is -0.186. The summed E-state index contributed by atoms with van der Waals surface area (Å²) < 4.78 is 19.6. The topological polar surface area (TPSA) is 146 Å². The first-order valence-electron chi connectivity index (χ1n) is 7.73. The first-order valence-corrected chi connectivity index (χ1v) is 7.73. The van der Waals surface area contributed by atoms with Gasteiger partial charge in [0.05, 0.1) is 6.07 Å². The van der Waals surface area contributed by atoms with Crippen LogP contribution in [0, 0.1) is 11.3 Å². The van der Waals surface area contributed by atoms with Crippen molar-refractivity contribution in [3.05, 3.63) is 12.2 Å². The fraction of sp³-hybridized carbons (Fsp3) is 0.529. The maximum absolute atomic E-state index is 12.4. The van der Waals surface area contributed by atoms with Crippen LogP contribution in [0.1, 0.15) is 34.1 Å². The molecule has 0 aliphatic rings. The van der Waals surface area contributed by atoms with E-state index in [0.29, 0.717) is 0 Å². The molecule has 0 saturated heterocycles. The molecule has 10 heteroatoms. The van der Waals surface area contributed by atoms with Gasteiger partial charge in [0, 0.05) is 39.7 Å². The highest BCUT2D eigenvalue weighted by Crippen LogP contribution is 2.20. The van der Waals surface area contributed by atoms with Crippen LogP contribution in [0.15, 0.2) is 12.2 Å². The smallest absolute Gasteiger partial charge is 0.303 e. The lowest BCUT2D eigenvalue weighted by atomic mass is 9.98. The van der Waals surface area contributed by atoms with E-state index < -0.39 is 54.6 Å². The molecule has 0 aromatic rings. The van der Waals surface area contributed by atoms with Crippen molar-refractivity contribution in [1.29, 1.82) is 5.26 Å². The van der Waals surface area contributed by atoms with Gasteiger partial charge in [-0.15, -0.1) is 0 Å². The summed E-state index contributed by atoms with van der Waals surface area (Å²) in [5, 5.41) is 8.91. The zero-order valence-corrected chi connectivity index (χ0v) is 15.5. The predicted molar refractivity (Wildman–Crippen MR) is 87.7 cm³/mol. The molecule has 0 radical (unpaired) electrons. The second-order valence-electron chi connectivity index (χ2n) is 5.42. The number of ketones is 1. The van der Waals surface area contributed by atoms with Crippen LogP contribution in [-0.4, -0.2) is 54.6 Å². The Morgan fingerprint density at radius 1 is 0.889 bits per heavy atom. The van der Waals surface area contributed by atoms with Crippen LogP contribution in [0.25, 0.3) is 0 Å². The van der Waals surface area contributed by atoms with E-state index in [4.69, 9.17) is 19.5 Å². The highest BCUT2D eigenvalue weighted by atomic mass is 16.6. The van der Waals surface area contributed by atoms with Gasteiger partial charge >= 0.3 is 23.9 Å². The van der Waals surface area contributed by atoms with Crippen molar-refractivity contribution in [2.45, 2.75) is 52.4 Å². The monoisotopic (exact) mass is 383 g/mol. The van der Waals surface area contributed by atoms with Crippen LogP contribution in [0.4, 0.5) is 0 Å². The molecule has 0 aromatic heterocycles. The molecule has 3 atom stereocenters. The largest absolute Gasteiger partial charge is 0.458 e. The Kier molecular flexibility index (Phi) is 10.0. The number of esters is 4. The predicted octanol–water partition coefficient (Wildman–Crippen LogP) is 0.384. The Hall–Kier alpha value is -3.22. The van der Waals surface area contributed by atoms with E-state index in [9.17, 15) is 24.0 Å². The Morgan fingerprint density at radius 2 is 1.41 bits per heavy atom. The number of rotatable bonds is 10. The van der Waals surface area contributed by atoms with Crippen LogP contribution < -0.4 is 0 Å². The molecule has 0 aliphatic carbocycles. The van der Waals surface area contributed by atoms with Gasteiger partial charge in [0.15, 0.2) is 12.7 Å². The highest BCUT2D eigenvalue weighted by Gasteiger charge is 2.41. The van der Waals surface area contributed by atoms with E-state index in [1.807, 2.05) is 0 Å². The molecule has 27 heavy (non-hydrogen) atoms. The second-order valence-corrected chi connectivity index (χ2v) is 5.42. The minimum absolute atomic E-state index is 0.0348. The number of nitrogens with zero attached hydrogens (tertiary/aromatic N) is 1. The molecule has 0 saturated carbocycles. The standard InChI is InChI=1S/C17H21NO9/c1-9(7-18)6-15(25-11(3)20)17(27-13(5)22)16(26-12(4)21)14(23)8-24-10(2)19/h15-17H,1,6,8H2,2-5H3/t15?,16-,17-/m1/s1. The molecule has 0 spiro atoms. The molecular formula is C17H21NO9. The molecule has 0 fully saturated rings. The van der Waals surface area contributed by atoms with Crippen molar-refractivity contribution >= 4 is 29.7 Å². The van der Waals surface area contributed by atoms with Crippen molar-refractivity contribution in [2.24, 2.45) is 0 Å². The molecule has 0 aliphatic heterocycles. The normalized spacial score (nSPS) is 13.1. The van der Waals surface area contributed by atoms with Crippen LogP contribution in [0.3, 0.4) is 0 Å². The number of hydrogen-bond acceptors (Lipinski definition) is 10. The summed E-state index contributed by atoms with van der Waals surface area (Å²) in [6.07, 6.45) is -4.94. The molecule has 1 unspecified atom stereocenters. The lowest BCUT2D eigenvalue weighted by Crippen LogP contribution is -2.50. The molecule has 0 aromatic carbocycles. The van der Waals surface area contributed by atoms with Gasteiger partial charge < -0.3 is 18.9 Å². The van der Waals surface area contributed by atoms with Gasteiger partial charge in [-0.2, -0.15) is 5.26 Å². The van der Waals surface area contributed by atoms with Crippen LogP contribution >= 0.6 is 0 Å². The third-order valence-electron chi connectivity index (χ3n) is 2.92. The SMILES string of the molecule is C=C(C#N)CC(OC(C)=O)[C@@H](OC(C)=O)[C@H](OC(C)=O)C(=O)COC(C)=O. The third kappa shape index (κ3) is 9.74. The Balaban J connectivity index is 5.92. The van der Waals surface area contributed by atoms with Gasteiger partial charge in [0.25, 0.3) is 0 Å². The van der Waals surface area contributed by atoms with Gasteiger partial charge in [-0.25, -0.2) is 0 Å². The molecule has 0 amide bonds. The first-order chi connectivity index (χ1) is 12.5. The van der Waals surface area contributed by atoms with Gasteiger partial charge in [0.2, 0.25) is 11.9 Å². The lowest BCUT2D eigenvalue weighted by Gasteiger charge is -2.31. The average molecular weight is 383 g/mol. The molecule has 148 valence electrons. The zero-order valence-electron chi connectivity index (χ0n) is 15.5. The maximum atomic E-state index is 12.4. The molecule has 0 rings (SSSR count). The summed E-state index contributed by atoms with van der Waals surface area (Å²) >= 11 is 0. The van der Waals surface area contributed by atoms with E-state index in [-0.39, 0.29) is 12.0 Å². The van der Waals surface area contributed by atoms with Gasteiger partial charge in [-0.1, -0.05) is 6.58 Å².